The Labute approximate surface area is 144 Å². The molecule has 0 saturated carbocycles. The second-order valence-corrected chi connectivity index (χ2v) is 6.75. The molecule has 2 rings (SSSR count). The van der Waals surface area contributed by atoms with Gasteiger partial charge in [-0.05, 0) is 54.0 Å². The number of aromatic nitrogens is 2. The van der Waals surface area contributed by atoms with Gasteiger partial charge in [0.2, 0.25) is 0 Å². The van der Waals surface area contributed by atoms with Crippen molar-refractivity contribution in [2.24, 2.45) is 5.92 Å². The molecular weight excluding hydrogens is 397 g/mol. The molecule has 0 aliphatic carbocycles. The van der Waals surface area contributed by atoms with Crippen LogP contribution in [0.4, 0.5) is 5.82 Å². The van der Waals surface area contributed by atoms with Crippen LogP contribution in [0.5, 0.6) is 0 Å². The Bertz CT molecular complexity index is 629. The molecule has 0 unspecified atom stereocenters. The van der Waals surface area contributed by atoms with Crippen molar-refractivity contribution < 1.29 is 0 Å². The van der Waals surface area contributed by atoms with Crippen LogP contribution in [0.15, 0.2) is 24.3 Å². The average molecular weight is 416 g/mol. The Morgan fingerprint density at radius 3 is 2.57 bits per heavy atom. The zero-order chi connectivity index (χ0) is 15.4. The van der Waals surface area contributed by atoms with Crippen molar-refractivity contribution >= 4 is 40.0 Å². The maximum Gasteiger partial charge on any atom is 0.163 e. The van der Waals surface area contributed by atoms with Crippen LogP contribution in [-0.4, -0.2) is 16.5 Å². The molecule has 0 radical (unpaired) electrons. The van der Waals surface area contributed by atoms with Gasteiger partial charge < -0.3 is 5.32 Å². The summed E-state index contributed by atoms with van der Waals surface area (Å²) in [4.78, 5) is 9.39. The van der Waals surface area contributed by atoms with E-state index in [0.717, 1.165) is 33.6 Å². The molecule has 0 aliphatic rings. The van der Waals surface area contributed by atoms with Gasteiger partial charge in [-0.15, -0.1) is 0 Å². The first kappa shape index (κ1) is 16.5. The largest absolute Gasteiger partial charge is 0.369 e. The Hall–Kier alpha value is -0.880. The third-order valence-electron chi connectivity index (χ3n) is 2.98. The maximum absolute atomic E-state index is 6.28. The van der Waals surface area contributed by atoms with Crippen LogP contribution in [0.2, 0.25) is 5.02 Å². The van der Waals surface area contributed by atoms with E-state index in [1.54, 1.807) is 0 Å². The van der Waals surface area contributed by atoms with E-state index in [1.807, 2.05) is 24.3 Å². The fraction of sp³-hybridized carbons (Fsp3) is 0.375. The molecule has 0 atom stereocenters. The molecule has 2 aromatic rings. The minimum absolute atomic E-state index is 0.544. The number of benzene rings is 1. The van der Waals surface area contributed by atoms with Crippen molar-refractivity contribution in [2.75, 3.05) is 11.9 Å². The van der Waals surface area contributed by atoms with Gasteiger partial charge in [-0.3, -0.25) is 0 Å². The quantitative estimate of drug-likeness (QED) is 0.696. The Morgan fingerprint density at radius 1 is 1.24 bits per heavy atom. The Morgan fingerprint density at radius 2 is 1.95 bits per heavy atom. The standard InChI is InChI=1S/C16H19ClIN3/c1-4-19-16-14(18)13(9-10(2)3)20-15(21-16)11-7-5-6-8-12(11)17/h5-8,10H,4,9H2,1-3H3,(H,19,20,21). The zero-order valence-electron chi connectivity index (χ0n) is 12.5. The predicted molar refractivity (Wildman–Crippen MR) is 97.9 cm³/mol. The van der Waals surface area contributed by atoms with Gasteiger partial charge in [0.15, 0.2) is 5.82 Å². The second-order valence-electron chi connectivity index (χ2n) is 5.26. The van der Waals surface area contributed by atoms with Gasteiger partial charge in [0.1, 0.15) is 5.82 Å². The van der Waals surface area contributed by atoms with Gasteiger partial charge in [0.05, 0.1) is 14.3 Å². The molecule has 112 valence electrons. The third-order valence-corrected chi connectivity index (χ3v) is 4.44. The van der Waals surface area contributed by atoms with Crippen molar-refractivity contribution in [1.82, 2.24) is 9.97 Å². The van der Waals surface area contributed by atoms with E-state index >= 15 is 0 Å². The van der Waals surface area contributed by atoms with E-state index < -0.39 is 0 Å². The second kappa shape index (κ2) is 7.40. The number of hydrogen-bond donors (Lipinski definition) is 1. The lowest BCUT2D eigenvalue weighted by molar-refractivity contribution is 0.632. The van der Waals surface area contributed by atoms with E-state index in [0.29, 0.717) is 16.8 Å². The van der Waals surface area contributed by atoms with Gasteiger partial charge in [-0.1, -0.05) is 37.6 Å². The summed E-state index contributed by atoms with van der Waals surface area (Å²) in [7, 11) is 0. The predicted octanol–water partition coefficient (Wildman–Crippen LogP) is 5.03. The van der Waals surface area contributed by atoms with Gasteiger partial charge in [-0.25, -0.2) is 9.97 Å². The summed E-state index contributed by atoms with van der Waals surface area (Å²) in [5.74, 6) is 2.12. The van der Waals surface area contributed by atoms with Crippen LogP contribution in [0, 0.1) is 9.49 Å². The maximum atomic E-state index is 6.28. The highest BCUT2D eigenvalue weighted by Crippen LogP contribution is 2.29. The summed E-state index contributed by atoms with van der Waals surface area (Å²) in [6, 6.07) is 7.70. The van der Waals surface area contributed by atoms with Crippen molar-refractivity contribution in [1.29, 1.82) is 0 Å². The van der Waals surface area contributed by atoms with Crippen LogP contribution < -0.4 is 5.32 Å². The monoisotopic (exact) mass is 415 g/mol. The average Bonchev–Trinajstić information content (AvgIpc) is 2.43. The molecule has 0 fully saturated rings. The molecule has 1 heterocycles. The van der Waals surface area contributed by atoms with Crippen molar-refractivity contribution in [3.8, 4) is 11.4 Å². The lowest BCUT2D eigenvalue weighted by Gasteiger charge is -2.14. The number of nitrogens with zero attached hydrogens (tertiary/aromatic N) is 2. The molecule has 3 nitrogen and oxygen atoms in total. The summed E-state index contributed by atoms with van der Waals surface area (Å²) >= 11 is 8.61. The first-order chi connectivity index (χ1) is 10.0. The third kappa shape index (κ3) is 4.07. The molecule has 0 saturated heterocycles. The smallest absolute Gasteiger partial charge is 0.163 e. The highest BCUT2D eigenvalue weighted by molar-refractivity contribution is 14.1. The van der Waals surface area contributed by atoms with Crippen molar-refractivity contribution in [3.05, 3.63) is 38.6 Å². The fourth-order valence-corrected chi connectivity index (χ4v) is 2.94. The SMILES string of the molecule is CCNc1nc(-c2ccccc2Cl)nc(CC(C)C)c1I. The van der Waals surface area contributed by atoms with Crippen LogP contribution in [-0.2, 0) is 6.42 Å². The molecule has 1 aromatic carbocycles. The number of rotatable bonds is 5. The summed E-state index contributed by atoms with van der Waals surface area (Å²) < 4.78 is 1.10. The Kier molecular flexibility index (Phi) is 5.81. The first-order valence-corrected chi connectivity index (χ1v) is 8.53. The summed E-state index contributed by atoms with van der Waals surface area (Å²) in [6.45, 7) is 7.28. The van der Waals surface area contributed by atoms with Crippen LogP contribution in [0.25, 0.3) is 11.4 Å². The molecule has 0 bridgehead atoms. The van der Waals surface area contributed by atoms with Gasteiger partial charge in [0.25, 0.3) is 0 Å². The topological polar surface area (TPSA) is 37.8 Å². The molecule has 0 spiro atoms. The van der Waals surface area contributed by atoms with E-state index in [1.165, 1.54) is 0 Å². The zero-order valence-corrected chi connectivity index (χ0v) is 15.4. The molecule has 21 heavy (non-hydrogen) atoms. The molecule has 0 amide bonds. The van der Waals surface area contributed by atoms with E-state index in [9.17, 15) is 0 Å². The van der Waals surface area contributed by atoms with Crippen LogP contribution in [0.3, 0.4) is 0 Å². The summed E-state index contributed by atoms with van der Waals surface area (Å²) in [5.41, 5.74) is 1.95. The highest BCUT2D eigenvalue weighted by Gasteiger charge is 2.15. The minimum Gasteiger partial charge on any atom is -0.369 e. The fourth-order valence-electron chi connectivity index (χ4n) is 2.06. The summed E-state index contributed by atoms with van der Waals surface area (Å²) in [5, 5.41) is 3.99. The van der Waals surface area contributed by atoms with E-state index in [4.69, 9.17) is 16.6 Å². The summed E-state index contributed by atoms with van der Waals surface area (Å²) in [6.07, 6.45) is 0.927. The number of hydrogen-bond acceptors (Lipinski definition) is 3. The van der Waals surface area contributed by atoms with Crippen LogP contribution >= 0.6 is 34.2 Å². The lowest BCUT2D eigenvalue weighted by atomic mass is 10.1. The normalized spacial score (nSPS) is 11.0. The molecule has 1 aromatic heterocycles. The lowest BCUT2D eigenvalue weighted by Crippen LogP contribution is -2.10. The van der Waals surface area contributed by atoms with Crippen LogP contribution in [0.1, 0.15) is 26.5 Å². The number of nitrogens with one attached hydrogen (secondary N) is 1. The van der Waals surface area contributed by atoms with E-state index in [2.05, 4.69) is 53.7 Å². The van der Waals surface area contributed by atoms with Crippen molar-refractivity contribution in [3.63, 3.8) is 0 Å². The number of halogens is 2. The van der Waals surface area contributed by atoms with Gasteiger partial charge in [0, 0.05) is 12.1 Å². The van der Waals surface area contributed by atoms with Gasteiger partial charge >= 0.3 is 0 Å². The van der Waals surface area contributed by atoms with E-state index in [-0.39, 0.29) is 0 Å². The Balaban J connectivity index is 2.56. The van der Waals surface area contributed by atoms with Crippen molar-refractivity contribution in [2.45, 2.75) is 27.2 Å². The minimum atomic E-state index is 0.544. The number of anilines is 1. The molecule has 5 heteroatoms. The highest BCUT2D eigenvalue weighted by atomic mass is 127. The first-order valence-electron chi connectivity index (χ1n) is 7.08. The molecular formula is C16H19ClIN3. The molecule has 1 N–H and O–H groups in total. The molecule has 0 aliphatic heterocycles. The van der Waals surface area contributed by atoms with Gasteiger partial charge in [-0.2, -0.15) is 0 Å².